The quantitative estimate of drug-likeness (QED) is 0.903. The van der Waals surface area contributed by atoms with Gasteiger partial charge in [-0.05, 0) is 48.9 Å². The molecular weight excluding hydrogens is 306 g/mol. The molecule has 0 bridgehead atoms. The number of amides is 1. The summed E-state index contributed by atoms with van der Waals surface area (Å²) in [7, 11) is 1.77. The van der Waals surface area contributed by atoms with E-state index in [1.54, 1.807) is 11.9 Å². The molecule has 1 aliphatic carbocycles. The van der Waals surface area contributed by atoms with Crippen LogP contribution < -0.4 is 0 Å². The number of nitrogens with zero attached hydrogens (tertiary/aromatic N) is 1. The average molecular weight is 326 g/mol. The second-order valence-electron chi connectivity index (χ2n) is 5.43. The van der Waals surface area contributed by atoms with E-state index in [-0.39, 0.29) is 12.0 Å². The Balaban J connectivity index is 1.91. The third-order valence-corrected chi connectivity index (χ3v) is 4.19. The molecular formula is C15H20BrNO2. The molecule has 0 saturated heterocycles. The molecule has 1 aromatic rings. The molecule has 0 heterocycles. The molecule has 19 heavy (non-hydrogen) atoms. The maximum Gasteiger partial charge on any atom is 0.226 e. The molecule has 1 amide bonds. The Morgan fingerprint density at radius 1 is 1.53 bits per heavy atom. The van der Waals surface area contributed by atoms with Gasteiger partial charge in [0.1, 0.15) is 0 Å². The molecule has 4 heteroatoms. The van der Waals surface area contributed by atoms with Crippen molar-refractivity contribution in [3.63, 3.8) is 0 Å². The molecule has 1 aliphatic rings. The number of carbonyl (C=O) groups is 1. The van der Waals surface area contributed by atoms with Gasteiger partial charge < -0.3 is 10.0 Å². The van der Waals surface area contributed by atoms with Crippen molar-refractivity contribution in [1.82, 2.24) is 4.90 Å². The van der Waals surface area contributed by atoms with Crippen LogP contribution in [-0.2, 0) is 11.2 Å². The zero-order valence-corrected chi connectivity index (χ0v) is 13.0. The minimum absolute atomic E-state index is 0.0603. The summed E-state index contributed by atoms with van der Waals surface area (Å²) >= 11 is 3.42. The number of carbonyl (C=O) groups excluding carboxylic acids is 1. The summed E-state index contributed by atoms with van der Waals surface area (Å²) in [6.45, 7) is 2.45. The highest BCUT2D eigenvalue weighted by molar-refractivity contribution is 9.10. The summed E-state index contributed by atoms with van der Waals surface area (Å²) < 4.78 is 1.03. The molecule has 1 saturated carbocycles. The Kier molecular flexibility index (Phi) is 4.63. The highest BCUT2D eigenvalue weighted by Crippen LogP contribution is 2.32. The first-order valence-corrected chi connectivity index (χ1v) is 7.43. The fourth-order valence-electron chi connectivity index (χ4n) is 2.17. The van der Waals surface area contributed by atoms with E-state index in [9.17, 15) is 9.90 Å². The van der Waals surface area contributed by atoms with Crippen LogP contribution >= 0.6 is 15.9 Å². The number of hydrogen-bond acceptors (Lipinski definition) is 2. The van der Waals surface area contributed by atoms with Crippen LogP contribution in [0.15, 0.2) is 22.7 Å². The van der Waals surface area contributed by atoms with Gasteiger partial charge in [0.25, 0.3) is 0 Å². The molecule has 1 aromatic carbocycles. The minimum Gasteiger partial charge on any atom is -0.391 e. The minimum atomic E-state index is -0.361. The van der Waals surface area contributed by atoms with Gasteiger partial charge in [0, 0.05) is 18.1 Å². The van der Waals surface area contributed by atoms with Crippen molar-refractivity contribution >= 4 is 21.8 Å². The van der Waals surface area contributed by atoms with Gasteiger partial charge in [-0.3, -0.25) is 4.79 Å². The molecule has 1 fully saturated rings. The summed E-state index contributed by atoms with van der Waals surface area (Å²) in [5.74, 6) is 0.467. The van der Waals surface area contributed by atoms with E-state index in [4.69, 9.17) is 0 Å². The number of aryl methyl sites for hydroxylation is 1. The van der Waals surface area contributed by atoms with Gasteiger partial charge in [-0.1, -0.05) is 22.0 Å². The van der Waals surface area contributed by atoms with Crippen LogP contribution in [0.1, 0.15) is 24.0 Å². The van der Waals surface area contributed by atoms with E-state index in [0.717, 1.165) is 28.4 Å². The maximum absolute atomic E-state index is 12.1. The Morgan fingerprint density at radius 3 is 2.79 bits per heavy atom. The van der Waals surface area contributed by atoms with E-state index in [1.807, 2.05) is 25.1 Å². The standard InChI is InChI=1S/C15H20BrNO2/c1-10-7-13(16)6-5-12(10)8-15(19)17(2)9-14(18)11-3-4-11/h5-7,11,14,18H,3-4,8-9H2,1-2H3. The molecule has 0 spiro atoms. The van der Waals surface area contributed by atoms with Crippen molar-refractivity contribution in [2.45, 2.75) is 32.3 Å². The lowest BCUT2D eigenvalue weighted by Crippen LogP contribution is -2.36. The summed E-state index contributed by atoms with van der Waals surface area (Å²) in [6, 6.07) is 5.94. The lowest BCUT2D eigenvalue weighted by atomic mass is 10.1. The second-order valence-corrected chi connectivity index (χ2v) is 6.34. The van der Waals surface area contributed by atoms with Gasteiger partial charge >= 0.3 is 0 Å². The zero-order chi connectivity index (χ0) is 14.0. The van der Waals surface area contributed by atoms with Gasteiger partial charge in [0.2, 0.25) is 5.91 Å². The first-order chi connectivity index (χ1) is 8.97. The van der Waals surface area contributed by atoms with Gasteiger partial charge in [0.15, 0.2) is 0 Å². The van der Waals surface area contributed by atoms with Crippen LogP contribution in [0.25, 0.3) is 0 Å². The van der Waals surface area contributed by atoms with Gasteiger partial charge in [0.05, 0.1) is 12.5 Å². The lowest BCUT2D eigenvalue weighted by molar-refractivity contribution is -0.130. The Bertz CT molecular complexity index is 471. The lowest BCUT2D eigenvalue weighted by Gasteiger charge is -2.21. The average Bonchev–Trinajstić information content (AvgIpc) is 3.16. The molecule has 0 radical (unpaired) electrons. The number of hydrogen-bond donors (Lipinski definition) is 1. The summed E-state index contributed by atoms with van der Waals surface area (Å²) in [6.07, 6.45) is 2.22. The topological polar surface area (TPSA) is 40.5 Å². The molecule has 104 valence electrons. The first kappa shape index (κ1) is 14.5. The predicted octanol–water partition coefficient (Wildman–Crippen LogP) is 2.53. The van der Waals surface area contributed by atoms with Gasteiger partial charge in [-0.25, -0.2) is 0 Å². The zero-order valence-electron chi connectivity index (χ0n) is 11.4. The summed E-state index contributed by atoms with van der Waals surface area (Å²) in [5.41, 5.74) is 2.15. The van der Waals surface area contributed by atoms with Crippen molar-refractivity contribution in [2.75, 3.05) is 13.6 Å². The number of halogens is 1. The molecule has 2 rings (SSSR count). The van der Waals surface area contributed by atoms with Crippen LogP contribution in [0.5, 0.6) is 0 Å². The second kappa shape index (κ2) is 6.06. The van der Waals surface area contributed by atoms with Crippen molar-refractivity contribution < 1.29 is 9.90 Å². The highest BCUT2D eigenvalue weighted by Gasteiger charge is 2.31. The van der Waals surface area contributed by atoms with E-state index < -0.39 is 0 Å². The Morgan fingerprint density at radius 2 is 2.21 bits per heavy atom. The van der Waals surface area contributed by atoms with E-state index in [2.05, 4.69) is 15.9 Å². The van der Waals surface area contributed by atoms with Crippen LogP contribution in [0.2, 0.25) is 0 Å². The van der Waals surface area contributed by atoms with Gasteiger partial charge in [-0.2, -0.15) is 0 Å². The number of aliphatic hydroxyl groups excluding tert-OH is 1. The van der Waals surface area contributed by atoms with Crippen LogP contribution in [0.3, 0.4) is 0 Å². The number of rotatable bonds is 5. The molecule has 0 aliphatic heterocycles. The first-order valence-electron chi connectivity index (χ1n) is 6.64. The van der Waals surface area contributed by atoms with Crippen molar-refractivity contribution in [3.05, 3.63) is 33.8 Å². The predicted molar refractivity (Wildman–Crippen MR) is 79.0 cm³/mol. The maximum atomic E-state index is 12.1. The smallest absolute Gasteiger partial charge is 0.226 e. The SMILES string of the molecule is Cc1cc(Br)ccc1CC(=O)N(C)CC(O)C1CC1. The molecule has 1 atom stereocenters. The fraction of sp³-hybridized carbons (Fsp3) is 0.533. The molecule has 3 nitrogen and oxygen atoms in total. The normalized spacial score (nSPS) is 16.2. The molecule has 0 aromatic heterocycles. The fourth-order valence-corrected chi connectivity index (χ4v) is 2.64. The Hall–Kier alpha value is -0.870. The van der Waals surface area contributed by atoms with E-state index >= 15 is 0 Å². The highest BCUT2D eigenvalue weighted by atomic mass is 79.9. The third-order valence-electron chi connectivity index (χ3n) is 3.70. The number of benzene rings is 1. The van der Waals surface area contributed by atoms with E-state index in [1.165, 1.54) is 0 Å². The van der Waals surface area contributed by atoms with Crippen molar-refractivity contribution in [2.24, 2.45) is 5.92 Å². The third kappa shape index (κ3) is 4.05. The van der Waals surface area contributed by atoms with Crippen LogP contribution in [0, 0.1) is 12.8 Å². The molecule has 1 N–H and O–H groups in total. The largest absolute Gasteiger partial charge is 0.391 e. The van der Waals surface area contributed by atoms with Crippen LogP contribution in [0.4, 0.5) is 0 Å². The van der Waals surface area contributed by atoms with Crippen molar-refractivity contribution in [3.8, 4) is 0 Å². The number of likely N-dealkylation sites (N-methyl/N-ethyl adjacent to an activating group) is 1. The van der Waals surface area contributed by atoms with Crippen molar-refractivity contribution in [1.29, 1.82) is 0 Å². The van der Waals surface area contributed by atoms with Crippen LogP contribution in [-0.4, -0.2) is 35.6 Å². The summed E-state index contributed by atoms with van der Waals surface area (Å²) in [5, 5.41) is 9.87. The number of aliphatic hydroxyl groups is 1. The molecule has 1 unspecified atom stereocenters. The summed E-state index contributed by atoms with van der Waals surface area (Å²) in [4.78, 5) is 13.8. The van der Waals surface area contributed by atoms with Gasteiger partial charge in [-0.15, -0.1) is 0 Å². The monoisotopic (exact) mass is 325 g/mol. The van der Waals surface area contributed by atoms with E-state index in [0.29, 0.717) is 18.9 Å². The Labute approximate surface area is 122 Å².